The molecule has 8 heteroatoms. The van der Waals surface area contributed by atoms with Crippen molar-refractivity contribution in [3.05, 3.63) is 27.8 Å². The Balaban J connectivity index is 2.02. The number of nitrogens with zero attached hydrogens (tertiary/aromatic N) is 2. The number of nitrogens with one attached hydrogen (secondary N) is 2. The highest BCUT2D eigenvalue weighted by Gasteiger charge is 2.20. The number of rotatable bonds is 8. The number of hydrogen-bond acceptors (Lipinski definition) is 7. The van der Waals surface area contributed by atoms with Gasteiger partial charge in [-0.2, -0.15) is 0 Å². The molecule has 0 aliphatic heterocycles. The molecule has 0 atom stereocenters. The minimum absolute atomic E-state index is 0.0423. The first-order valence-electron chi connectivity index (χ1n) is 6.18. The quantitative estimate of drug-likeness (QED) is 0.439. The summed E-state index contributed by atoms with van der Waals surface area (Å²) in [5, 5.41) is 17.4. The van der Waals surface area contributed by atoms with Gasteiger partial charge < -0.3 is 15.4 Å². The lowest BCUT2D eigenvalue weighted by atomic mass is 10.2. The van der Waals surface area contributed by atoms with Crippen molar-refractivity contribution in [1.29, 1.82) is 0 Å². The van der Waals surface area contributed by atoms with Gasteiger partial charge in [-0.25, -0.2) is 4.98 Å². The van der Waals surface area contributed by atoms with Gasteiger partial charge in [-0.05, 0) is 12.1 Å². The average Bonchev–Trinajstić information content (AvgIpc) is 2.90. The van der Waals surface area contributed by atoms with Gasteiger partial charge >= 0.3 is 5.69 Å². The molecule has 2 aromatic rings. The van der Waals surface area contributed by atoms with Crippen LogP contribution in [0, 0.1) is 10.1 Å². The summed E-state index contributed by atoms with van der Waals surface area (Å²) in [7, 11) is 1.65. The SMILES string of the molecule is COCCNCCNc1ccc2scnc2c1[N+](=O)[O-]. The average molecular weight is 296 g/mol. The number of anilines is 1. The molecule has 2 rings (SSSR count). The fourth-order valence-corrected chi connectivity index (χ4v) is 2.51. The molecule has 20 heavy (non-hydrogen) atoms. The summed E-state index contributed by atoms with van der Waals surface area (Å²) < 4.78 is 5.74. The van der Waals surface area contributed by atoms with Crippen molar-refractivity contribution in [2.45, 2.75) is 0 Å². The van der Waals surface area contributed by atoms with Crippen molar-refractivity contribution in [2.75, 3.05) is 38.7 Å². The van der Waals surface area contributed by atoms with Crippen molar-refractivity contribution in [3.63, 3.8) is 0 Å². The van der Waals surface area contributed by atoms with Crippen LogP contribution in [0.2, 0.25) is 0 Å². The predicted molar refractivity (Wildman–Crippen MR) is 79.5 cm³/mol. The van der Waals surface area contributed by atoms with Crippen LogP contribution in [-0.2, 0) is 4.74 Å². The Kier molecular flexibility index (Phi) is 5.22. The zero-order valence-electron chi connectivity index (χ0n) is 11.1. The number of thiazole rings is 1. The van der Waals surface area contributed by atoms with E-state index in [1.54, 1.807) is 18.7 Å². The van der Waals surface area contributed by atoms with Crippen LogP contribution in [0.1, 0.15) is 0 Å². The molecule has 0 saturated heterocycles. The number of hydrogen-bond donors (Lipinski definition) is 2. The number of nitro groups is 1. The van der Waals surface area contributed by atoms with Crippen molar-refractivity contribution in [2.24, 2.45) is 0 Å². The first-order valence-corrected chi connectivity index (χ1v) is 7.06. The Labute approximate surface area is 120 Å². The Morgan fingerprint density at radius 1 is 1.40 bits per heavy atom. The maximum Gasteiger partial charge on any atom is 0.319 e. The number of benzene rings is 1. The first-order chi connectivity index (χ1) is 9.74. The van der Waals surface area contributed by atoms with Gasteiger partial charge in [0.25, 0.3) is 0 Å². The van der Waals surface area contributed by atoms with Crippen LogP contribution < -0.4 is 10.6 Å². The van der Waals surface area contributed by atoms with Crippen molar-refractivity contribution in [1.82, 2.24) is 10.3 Å². The second-order valence-corrected chi connectivity index (χ2v) is 4.97. The lowest BCUT2D eigenvalue weighted by Gasteiger charge is -2.08. The van der Waals surface area contributed by atoms with Gasteiger partial charge in [0.05, 0.1) is 21.7 Å². The molecule has 2 N–H and O–H groups in total. The molecule has 0 aliphatic carbocycles. The molecule has 0 saturated carbocycles. The Bertz CT molecular complexity index is 587. The maximum atomic E-state index is 11.2. The van der Waals surface area contributed by atoms with Crippen LogP contribution in [0.15, 0.2) is 17.6 Å². The third-order valence-corrected chi connectivity index (χ3v) is 3.55. The van der Waals surface area contributed by atoms with E-state index in [-0.39, 0.29) is 10.6 Å². The zero-order chi connectivity index (χ0) is 14.4. The van der Waals surface area contributed by atoms with Crippen molar-refractivity contribution < 1.29 is 9.66 Å². The van der Waals surface area contributed by atoms with E-state index >= 15 is 0 Å². The van der Waals surface area contributed by atoms with E-state index in [1.807, 2.05) is 6.07 Å². The number of ether oxygens (including phenoxy) is 1. The number of fused-ring (bicyclic) bond motifs is 1. The van der Waals surface area contributed by atoms with E-state index in [1.165, 1.54) is 11.3 Å². The third-order valence-electron chi connectivity index (χ3n) is 2.76. The van der Waals surface area contributed by atoms with Crippen LogP contribution >= 0.6 is 11.3 Å². The molecule has 0 spiro atoms. The summed E-state index contributed by atoms with van der Waals surface area (Å²) in [4.78, 5) is 14.9. The minimum atomic E-state index is -0.386. The maximum absolute atomic E-state index is 11.2. The molecule has 0 unspecified atom stereocenters. The van der Waals surface area contributed by atoms with E-state index in [4.69, 9.17) is 4.74 Å². The van der Waals surface area contributed by atoms with Crippen molar-refractivity contribution >= 4 is 32.9 Å². The van der Waals surface area contributed by atoms with Crippen molar-refractivity contribution in [3.8, 4) is 0 Å². The van der Waals surface area contributed by atoms with Crippen LogP contribution in [0.25, 0.3) is 10.2 Å². The summed E-state index contributed by atoms with van der Waals surface area (Å²) in [6.07, 6.45) is 0. The van der Waals surface area contributed by atoms with Gasteiger partial charge in [-0.1, -0.05) is 0 Å². The lowest BCUT2D eigenvalue weighted by Crippen LogP contribution is -2.25. The largest absolute Gasteiger partial charge is 0.383 e. The van der Waals surface area contributed by atoms with Crippen LogP contribution in [0.4, 0.5) is 11.4 Å². The van der Waals surface area contributed by atoms with Gasteiger partial charge in [-0.3, -0.25) is 10.1 Å². The van der Waals surface area contributed by atoms with E-state index in [0.717, 1.165) is 11.2 Å². The molecule has 1 aromatic carbocycles. The standard InChI is InChI=1S/C12H16N4O3S/c1-19-7-6-13-4-5-14-9-2-3-10-11(15-8-20-10)12(9)16(17)18/h2-3,8,13-14H,4-7H2,1H3. The fourth-order valence-electron chi connectivity index (χ4n) is 1.83. The minimum Gasteiger partial charge on any atom is -0.383 e. The molecule has 0 radical (unpaired) electrons. The summed E-state index contributed by atoms with van der Waals surface area (Å²) in [6.45, 7) is 2.70. The predicted octanol–water partition coefficient (Wildman–Crippen LogP) is 1.85. The third kappa shape index (κ3) is 3.41. The second-order valence-electron chi connectivity index (χ2n) is 4.09. The molecule has 7 nitrogen and oxygen atoms in total. The van der Waals surface area contributed by atoms with Gasteiger partial charge in [0.2, 0.25) is 0 Å². The van der Waals surface area contributed by atoms with Gasteiger partial charge in [0.1, 0.15) is 5.69 Å². The lowest BCUT2D eigenvalue weighted by molar-refractivity contribution is -0.382. The Hall–Kier alpha value is -1.77. The highest BCUT2D eigenvalue weighted by Crippen LogP contribution is 2.34. The molecule has 0 bridgehead atoms. The molecule has 1 heterocycles. The van der Waals surface area contributed by atoms with E-state index < -0.39 is 0 Å². The molecule has 0 aliphatic rings. The van der Waals surface area contributed by atoms with E-state index in [0.29, 0.717) is 30.9 Å². The smallest absolute Gasteiger partial charge is 0.319 e. The normalized spacial score (nSPS) is 10.8. The Morgan fingerprint density at radius 3 is 3.00 bits per heavy atom. The van der Waals surface area contributed by atoms with Crippen LogP contribution in [-0.4, -0.2) is 43.3 Å². The van der Waals surface area contributed by atoms with Gasteiger partial charge in [0.15, 0.2) is 5.52 Å². The number of aromatic nitrogens is 1. The first kappa shape index (κ1) is 14.6. The topological polar surface area (TPSA) is 89.3 Å². The van der Waals surface area contributed by atoms with Crippen LogP contribution in [0.3, 0.4) is 0 Å². The highest BCUT2D eigenvalue weighted by molar-refractivity contribution is 7.16. The fraction of sp³-hybridized carbons (Fsp3) is 0.417. The molecular formula is C12H16N4O3S. The zero-order valence-corrected chi connectivity index (χ0v) is 11.9. The summed E-state index contributed by atoms with van der Waals surface area (Å²) in [5.41, 5.74) is 2.60. The van der Waals surface area contributed by atoms with Gasteiger partial charge in [0, 0.05) is 26.7 Å². The van der Waals surface area contributed by atoms with Crippen LogP contribution in [0.5, 0.6) is 0 Å². The molecule has 1 aromatic heterocycles. The molecular weight excluding hydrogens is 280 g/mol. The summed E-state index contributed by atoms with van der Waals surface area (Å²) in [5.74, 6) is 0. The molecule has 108 valence electrons. The van der Waals surface area contributed by atoms with E-state index in [2.05, 4.69) is 15.6 Å². The summed E-state index contributed by atoms with van der Waals surface area (Å²) in [6, 6.07) is 3.58. The summed E-state index contributed by atoms with van der Waals surface area (Å²) >= 11 is 1.40. The van der Waals surface area contributed by atoms with Gasteiger partial charge in [-0.15, -0.1) is 11.3 Å². The number of nitro benzene ring substituents is 1. The molecule has 0 amide bonds. The number of methoxy groups -OCH3 is 1. The monoisotopic (exact) mass is 296 g/mol. The van der Waals surface area contributed by atoms with E-state index in [9.17, 15) is 10.1 Å². The second kappa shape index (κ2) is 7.13. The highest BCUT2D eigenvalue weighted by atomic mass is 32.1. The Morgan fingerprint density at radius 2 is 2.25 bits per heavy atom. The molecule has 0 fully saturated rings.